The highest BCUT2D eigenvalue weighted by Gasteiger charge is 2.47. The Balaban J connectivity index is 1.83. The van der Waals surface area contributed by atoms with Crippen molar-refractivity contribution in [3.63, 3.8) is 0 Å². The van der Waals surface area contributed by atoms with Crippen molar-refractivity contribution in [2.75, 3.05) is 6.54 Å². The van der Waals surface area contributed by atoms with Crippen molar-refractivity contribution in [1.82, 2.24) is 4.90 Å². The van der Waals surface area contributed by atoms with E-state index in [0.717, 1.165) is 30.5 Å². The third-order valence-electron chi connectivity index (χ3n) is 4.97. The Morgan fingerprint density at radius 1 is 1.08 bits per heavy atom. The molecule has 2 aliphatic rings. The Morgan fingerprint density at radius 3 is 2.58 bits per heavy atom. The highest BCUT2D eigenvalue weighted by atomic mass is 32.2. The lowest BCUT2D eigenvalue weighted by Crippen LogP contribution is -2.59. The fourth-order valence-electron chi connectivity index (χ4n) is 3.82. The van der Waals surface area contributed by atoms with Gasteiger partial charge in [-0.1, -0.05) is 55.8 Å². The first-order valence-corrected chi connectivity index (χ1v) is 9.85. The fraction of sp³-hybridized carbons (Fsp3) is 0.368. The van der Waals surface area contributed by atoms with Gasteiger partial charge in [-0.25, -0.2) is 4.18 Å². The molecule has 2 heterocycles. The van der Waals surface area contributed by atoms with Crippen molar-refractivity contribution >= 4 is 10.1 Å². The lowest BCUT2D eigenvalue weighted by molar-refractivity contribution is -0.128. The van der Waals surface area contributed by atoms with Gasteiger partial charge in [0, 0.05) is 12.5 Å². The van der Waals surface area contributed by atoms with Gasteiger partial charge < -0.3 is 0 Å². The number of benzene rings is 2. The smallest absolute Gasteiger partial charge is 0.265 e. The zero-order valence-corrected chi connectivity index (χ0v) is 14.4. The van der Waals surface area contributed by atoms with E-state index in [2.05, 4.69) is 24.0 Å². The number of nitrogens with zero attached hydrogens (tertiary/aromatic N) is 1. The van der Waals surface area contributed by atoms with Gasteiger partial charge in [0.05, 0.1) is 10.9 Å². The van der Waals surface area contributed by atoms with Gasteiger partial charge in [-0.05, 0) is 29.7 Å². The predicted molar refractivity (Wildman–Crippen MR) is 91.9 cm³/mol. The minimum Gasteiger partial charge on any atom is -0.265 e. The Kier molecular flexibility index (Phi) is 3.95. The van der Waals surface area contributed by atoms with Crippen molar-refractivity contribution < 1.29 is 12.6 Å². The van der Waals surface area contributed by atoms with Crippen molar-refractivity contribution in [1.29, 1.82) is 0 Å². The monoisotopic (exact) mass is 343 g/mol. The topological polar surface area (TPSA) is 46.6 Å². The van der Waals surface area contributed by atoms with E-state index in [-0.39, 0.29) is 23.1 Å². The summed E-state index contributed by atoms with van der Waals surface area (Å²) in [4.78, 5) is 2.42. The zero-order chi connectivity index (χ0) is 16.7. The summed E-state index contributed by atoms with van der Waals surface area (Å²) in [7, 11) is -3.71. The zero-order valence-electron chi connectivity index (χ0n) is 13.6. The van der Waals surface area contributed by atoms with Crippen LogP contribution in [0.25, 0.3) is 0 Å². The normalized spacial score (nSPS) is 28.3. The molecule has 4 nitrogen and oxygen atoms in total. The Hall–Kier alpha value is -1.69. The SMILES string of the molecule is CCCC1CN2C(c3ccccc3)c3cccc(c3)S(=O)(=O)OC12. The number of hydrogen-bond acceptors (Lipinski definition) is 4. The Bertz CT molecular complexity index is 835. The van der Waals surface area contributed by atoms with Crippen LogP contribution in [0.2, 0.25) is 0 Å². The molecule has 0 N–H and O–H groups in total. The van der Waals surface area contributed by atoms with Crippen molar-refractivity contribution in [3.05, 3.63) is 65.7 Å². The van der Waals surface area contributed by atoms with Gasteiger partial charge >= 0.3 is 0 Å². The van der Waals surface area contributed by atoms with E-state index in [4.69, 9.17) is 4.18 Å². The van der Waals surface area contributed by atoms with Crippen LogP contribution >= 0.6 is 0 Å². The molecule has 1 fully saturated rings. The molecule has 0 spiro atoms. The number of hydrogen-bond donors (Lipinski definition) is 0. The van der Waals surface area contributed by atoms with E-state index < -0.39 is 10.1 Å². The molecule has 5 heteroatoms. The molecular formula is C19H21NO3S. The average Bonchev–Trinajstić information content (AvgIpc) is 2.59. The van der Waals surface area contributed by atoms with Gasteiger partial charge in [-0.3, -0.25) is 4.90 Å². The second-order valence-electron chi connectivity index (χ2n) is 6.57. The summed E-state index contributed by atoms with van der Waals surface area (Å²) in [6, 6.07) is 17.4. The van der Waals surface area contributed by atoms with E-state index in [9.17, 15) is 8.42 Å². The highest BCUT2D eigenvalue weighted by molar-refractivity contribution is 7.86. The molecule has 2 aromatic rings. The molecule has 0 saturated carbocycles. The molecule has 2 bridgehead atoms. The molecule has 3 unspecified atom stereocenters. The molecule has 126 valence electrons. The molecule has 24 heavy (non-hydrogen) atoms. The molecule has 2 aromatic carbocycles. The van der Waals surface area contributed by atoms with Gasteiger partial charge in [0.25, 0.3) is 10.1 Å². The molecule has 2 aliphatic heterocycles. The average molecular weight is 343 g/mol. The lowest BCUT2D eigenvalue weighted by Gasteiger charge is -2.51. The minimum atomic E-state index is -3.71. The molecular weight excluding hydrogens is 322 g/mol. The van der Waals surface area contributed by atoms with Gasteiger partial charge in [0.2, 0.25) is 0 Å². The summed E-state index contributed by atoms with van der Waals surface area (Å²) in [6.07, 6.45) is 1.63. The highest BCUT2D eigenvalue weighted by Crippen LogP contribution is 2.43. The third-order valence-corrected chi connectivity index (χ3v) is 6.25. The predicted octanol–water partition coefficient (Wildman–Crippen LogP) is 3.55. The first kappa shape index (κ1) is 15.8. The fourth-order valence-corrected chi connectivity index (χ4v) is 4.99. The van der Waals surface area contributed by atoms with Crippen LogP contribution < -0.4 is 0 Å². The van der Waals surface area contributed by atoms with Gasteiger partial charge in [0.1, 0.15) is 6.23 Å². The summed E-state index contributed by atoms with van der Waals surface area (Å²) in [5.41, 5.74) is 2.17. The van der Waals surface area contributed by atoms with E-state index >= 15 is 0 Å². The number of fused-ring (bicyclic) bond motifs is 3. The molecule has 0 radical (unpaired) electrons. The van der Waals surface area contributed by atoms with Crippen LogP contribution in [0.4, 0.5) is 0 Å². The molecule has 0 amide bonds. The molecule has 0 aliphatic carbocycles. The molecule has 1 saturated heterocycles. The Morgan fingerprint density at radius 2 is 1.83 bits per heavy atom. The van der Waals surface area contributed by atoms with Crippen LogP contribution in [0, 0.1) is 5.92 Å². The third kappa shape index (κ3) is 2.57. The summed E-state index contributed by atoms with van der Waals surface area (Å²) in [5, 5.41) is 0. The largest absolute Gasteiger partial charge is 0.298 e. The standard InChI is InChI=1S/C19H21NO3S/c1-2-7-16-13-20-18(14-8-4-3-5-9-14)15-10-6-11-17(12-15)24(21,22)23-19(16)20/h3-6,8-12,16,18-19H,2,7,13H2,1H3. The van der Waals surface area contributed by atoms with Crippen molar-refractivity contribution in [3.8, 4) is 0 Å². The van der Waals surface area contributed by atoms with Crippen molar-refractivity contribution in [2.45, 2.75) is 36.9 Å². The van der Waals surface area contributed by atoms with E-state index in [1.807, 2.05) is 24.3 Å². The first-order chi connectivity index (χ1) is 11.6. The van der Waals surface area contributed by atoms with Crippen molar-refractivity contribution in [2.24, 2.45) is 5.92 Å². The molecule has 4 rings (SSSR count). The lowest BCUT2D eigenvalue weighted by atomic mass is 9.86. The Labute approximate surface area is 143 Å². The number of rotatable bonds is 3. The van der Waals surface area contributed by atoms with Gasteiger partial charge in [0.15, 0.2) is 0 Å². The molecule has 3 atom stereocenters. The van der Waals surface area contributed by atoms with Crippen LogP contribution in [0.15, 0.2) is 59.5 Å². The maximum atomic E-state index is 12.6. The summed E-state index contributed by atoms with van der Waals surface area (Å²) in [5.74, 6) is 0.264. The van der Waals surface area contributed by atoms with Crippen LogP contribution in [-0.2, 0) is 14.3 Å². The van der Waals surface area contributed by atoms with E-state index in [1.165, 1.54) is 0 Å². The minimum absolute atomic E-state index is 0.0276. The van der Waals surface area contributed by atoms with Crippen LogP contribution in [0.1, 0.15) is 36.9 Å². The van der Waals surface area contributed by atoms with Crippen LogP contribution in [-0.4, -0.2) is 26.1 Å². The summed E-state index contributed by atoms with van der Waals surface area (Å²) >= 11 is 0. The second kappa shape index (κ2) is 5.99. The van der Waals surface area contributed by atoms with E-state index in [1.54, 1.807) is 18.2 Å². The summed E-state index contributed by atoms with van der Waals surface area (Å²) < 4.78 is 30.7. The quantitative estimate of drug-likeness (QED) is 0.800. The molecule has 0 aromatic heterocycles. The van der Waals surface area contributed by atoms with Crippen LogP contribution in [0.3, 0.4) is 0 Å². The van der Waals surface area contributed by atoms with Gasteiger partial charge in [-0.15, -0.1) is 0 Å². The van der Waals surface area contributed by atoms with Crippen LogP contribution in [0.5, 0.6) is 0 Å². The maximum absolute atomic E-state index is 12.6. The summed E-state index contributed by atoms with van der Waals surface area (Å²) in [6.45, 7) is 2.98. The maximum Gasteiger partial charge on any atom is 0.298 e. The van der Waals surface area contributed by atoms with Gasteiger partial charge in [-0.2, -0.15) is 8.42 Å². The second-order valence-corrected chi connectivity index (χ2v) is 8.14. The van der Waals surface area contributed by atoms with E-state index in [0.29, 0.717) is 0 Å². The first-order valence-electron chi connectivity index (χ1n) is 8.44.